The Morgan fingerprint density at radius 1 is 1.29 bits per heavy atom. The van der Waals surface area contributed by atoms with E-state index in [1.54, 1.807) is 0 Å². The summed E-state index contributed by atoms with van der Waals surface area (Å²) in [6, 6.07) is 0. The van der Waals surface area contributed by atoms with Crippen LogP contribution in [0.4, 0.5) is 22.0 Å². The molecule has 0 saturated heterocycles. The van der Waals surface area contributed by atoms with Crippen molar-refractivity contribution >= 4 is 5.91 Å². The molecule has 0 aromatic carbocycles. The Morgan fingerprint density at radius 3 is 2.00 bits per heavy atom. The Balaban J connectivity index is 4.27. The molecule has 0 atom stereocenters. The highest BCUT2D eigenvalue weighted by Crippen LogP contribution is 2.34. The number of hydrogen-bond donors (Lipinski definition) is 1. The average Bonchev–Trinajstić information content (AvgIpc) is 1.97. The molecule has 0 aliphatic carbocycles. The lowest BCUT2D eigenvalue weighted by molar-refractivity contribution is -0.278. The van der Waals surface area contributed by atoms with Crippen molar-refractivity contribution in [3.8, 4) is 0 Å². The van der Waals surface area contributed by atoms with Crippen molar-refractivity contribution < 1.29 is 26.7 Å². The minimum atomic E-state index is -5.66. The monoisotopic (exact) mass is 217 g/mol. The minimum absolute atomic E-state index is 0.136. The first-order valence-electron chi connectivity index (χ1n) is 3.46. The summed E-state index contributed by atoms with van der Waals surface area (Å²) in [5, 5.41) is 1.42. The number of rotatable bonds is 3. The highest BCUT2D eigenvalue weighted by atomic mass is 19.4. The van der Waals surface area contributed by atoms with E-state index in [-0.39, 0.29) is 5.57 Å². The number of carbonyl (C=O) groups excluding carboxylic acids is 1. The molecule has 0 heterocycles. The molecule has 14 heavy (non-hydrogen) atoms. The van der Waals surface area contributed by atoms with Gasteiger partial charge in [0.25, 0.3) is 0 Å². The average molecular weight is 217 g/mol. The van der Waals surface area contributed by atoms with Crippen LogP contribution in [-0.4, -0.2) is 24.6 Å². The fourth-order valence-corrected chi connectivity index (χ4v) is 0.442. The predicted molar refractivity (Wildman–Crippen MR) is 38.8 cm³/mol. The lowest BCUT2D eigenvalue weighted by Gasteiger charge is -2.19. The second-order valence-electron chi connectivity index (χ2n) is 2.67. The molecule has 0 aliphatic heterocycles. The summed E-state index contributed by atoms with van der Waals surface area (Å²) in [4.78, 5) is 10.6. The molecule has 0 spiro atoms. The number of halogens is 5. The first-order chi connectivity index (χ1) is 6.08. The summed E-state index contributed by atoms with van der Waals surface area (Å²) in [6.45, 7) is 2.50. The molecule has 1 N–H and O–H groups in total. The van der Waals surface area contributed by atoms with E-state index in [0.717, 1.165) is 0 Å². The summed E-state index contributed by atoms with van der Waals surface area (Å²) < 4.78 is 59.1. The summed E-state index contributed by atoms with van der Waals surface area (Å²) in [7, 11) is 0. The second kappa shape index (κ2) is 3.93. The van der Waals surface area contributed by atoms with Crippen LogP contribution in [0.3, 0.4) is 0 Å². The van der Waals surface area contributed by atoms with Crippen LogP contribution in [0.5, 0.6) is 0 Å². The zero-order valence-electron chi connectivity index (χ0n) is 7.21. The van der Waals surface area contributed by atoms with Crippen LogP contribution in [0.2, 0.25) is 0 Å². The summed E-state index contributed by atoms with van der Waals surface area (Å²) in [5.41, 5.74) is -0.136. The van der Waals surface area contributed by atoms with E-state index >= 15 is 0 Å². The van der Waals surface area contributed by atoms with Crippen LogP contribution >= 0.6 is 0 Å². The number of nitrogens with one attached hydrogen (secondary N) is 1. The SMILES string of the molecule is C=C(C)C(=O)NCC(F)(F)C(F)(F)F. The third-order valence-electron chi connectivity index (χ3n) is 1.27. The lowest BCUT2D eigenvalue weighted by Crippen LogP contribution is -2.46. The maximum atomic E-state index is 12.2. The summed E-state index contributed by atoms with van der Waals surface area (Å²) >= 11 is 0. The Hall–Kier alpha value is -1.14. The molecule has 0 aromatic heterocycles. The van der Waals surface area contributed by atoms with Crippen LogP contribution in [0.25, 0.3) is 0 Å². The largest absolute Gasteiger partial charge is 0.455 e. The quantitative estimate of drug-likeness (QED) is 0.567. The fraction of sp³-hybridized carbons (Fsp3) is 0.571. The highest BCUT2D eigenvalue weighted by Gasteiger charge is 2.57. The van der Waals surface area contributed by atoms with Gasteiger partial charge in [-0.15, -0.1) is 0 Å². The topological polar surface area (TPSA) is 29.1 Å². The molecule has 0 aliphatic rings. The van der Waals surface area contributed by atoms with Crippen LogP contribution in [-0.2, 0) is 4.79 Å². The smallest absolute Gasteiger partial charge is 0.346 e. The van der Waals surface area contributed by atoms with Gasteiger partial charge in [0.15, 0.2) is 0 Å². The molecular formula is C7H8F5NO. The molecule has 0 radical (unpaired) electrons. The van der Waals surface area contributed by atoms with E-state index in [1.165, 1.54) is 12.2 Å². The summed E-state index contributed by atoms with van der Waals surface area (Å²) in [5.74, 6) is -5.95. The van der Waals surface area contributed by atoms with Crippen LogP contribution in [0, 0.1) is 0 Å². The Morgan fingerprint density at radius 2 is 1.71 bits per heavy atom. The zero-order valence-corrected chi connectivity index (χ0v) is 7.21. The number of carbonyl (C=O) groups is 1. The van der Waals surface area contributed by atoms with Gasteiger partial charge in [-0.1, -0.05) is 6.58 Å². The van der Waals surface area contributed by atoms with Gasteiger partial charge in [-0.25, -0.2) is 0 Å². The number of hydrogen-bond acceptors (Lipinski definition) is 1. The third-order valence-corrected chi connectivity index (χ3v) is 1.27. The molecule has 0 saturated carbocycles. The van der Waals surface area contributed by atoms with Gasteiger partial charge in [0.05, 0.1) is 6.54 Å². The van der Waals surface area contributed by atoms with Crippen molar-refractivity contribution in [1.29, 1.82) is 0 Å². The van der Waals surface area contributed by atoms with Gasteiger partial charge in [-0.05, 0) is 6.92 Å². The first kappa shape index (κ1) is 12.9. The molecule has 7 heteroatoms. The van der Waals surface area contributed by atoms with E-state index in [4.69, 9.17) is 0 Å². The van der Waals surface area contributed by atoms with E-state index in [0.29, 0.717) is 0 Å². The van der Waals surface area contributed by atoms with Gasteiger partial charge >= 0.3 is 12.1 Å². The standard InChI is InChI=1S/C7H8F5NO/c1-4(2)5(14)13-3-6(8,9)7(10,11)12/h1,3H2,2H3,(H,13,14). The molecular weight excluding hydrogens is 209 g/mol. The zero-order chi connectivity index (χ0) is 11.6. The second-order valence-corrected chi connectivity index (χ2v) is 2.67. The molecule has 2 nitrogen and oxygen atoms in total. The molecule has 82 valence electrons. The minimum Gasteiger partial charge on any atom is -0.346 e. The van der Waals surface area contributed by atoms with Gasteiger partial charge in [-0.2, -0.15) is 22.0 Å². The van der Waals surface area contributed by atoms with E-state index in [1.807, 2.05) is 0 Å². The van der Waals surface area contributed by atoms with Crippen LogP contribution in [0.15, 0.2) is 12.2 Å². The molecule has 0 bridgehead atoms. The van der Waals surface area contributed by atoms with Gasteiger partial charge in [-0.3, -0.25) is 4.79 Å². The van der Waals surface area contributed by atoms with Crippen LogP contribution in [0.1, 0.15) is 6.92 Å². The highest BCUT2D eigenvalue weighted by molar-refractivity contribution is 5.92. The van der Waals surface area contributed by atoms with Gasteiger partial charge in [0.2, 0.25) is 5.91 Å². The van der Waals surface area contributed by atoms with Crippen LogP contribution < -0.4 is 5.32 Å². The van der Waals surface area contributed by atoms with Gasteiger partial charge in [0, 0.05) is 5.57 Å². The number of alkyl halides is 5. The molecule has 0 aromatic rings. The molecule has 0 fully saturated rings. The lowest BCUT2D eigenvalue weighted by atomic mass is 10.3. The van der Waals surface area contributed by atoms with Crippen molar-refractivity contribution in [2.45, 2.75) is 19.0 Å². The van der Waals surface area contributed by atoms with E-state index in [2.05, 4.69) is 6.58 Å². The Labute approximate surface area is 76.8 Å². The van der Waals surface area contributed by atoms with E-state index in [9.17, 15) is 26.7 Å². The maximum absolute atomic E-state index is 12.2. The van der Waals surface area contributed by atoms with Crippen molar-refractivity contribution in [2.24, 2.45) is 0 Å². The van der Waals surface area contributed by atoms with Gasteiger partial charge < -0.3 is 5.32 Å². The fourth-order valence-electron chi connectivity index (χ4n) is 0.442. The third kappa shape index (κ3) is 3.31. The Bertz CT molecular complexity index is 245. The van der Waals surface area contributed by atoms with Crippen molar-refractivity contribution in [2.75, 3.05) is 6.54 Å². The predicted octanol–water partition coefficient (Wildman–Crippen LogP) is 1.88. The molecule has 1 amide bonds. The Kier molecular flexibility index (Phi) is 3.61. The first-order valence-corrected chi connectivity index (χ1v) is 3.46. The number of amides is 1. The van der Waals surface area contributed by atoms with Gasteiger partial charge in [0.1, 0.15) is 0 Å². The molecule has 0 rings (SSSR count). The summed E-state index contributed by atoms with van der Waals surface area (Å²) in [6.07, 6.45) is -5.66. The van der Waals surface area contributed by atoms with Crippen molar-refractivity contribution in [3.05, 3.63) is 12.2 Å². The van der Waals surface area contributed by atoms with Crippen molar-refractivity contribution in [3.63, 3.8) is 0 Å². The molecule has 0 unspecified atom stereocenters. The van der Waals surface area contributed by atoms with E-state index < -0.39 is 24.6 Å². The maximum Gasteiger partial charge on any atom is 0.455 e. The normalized spacial score (nSPS) is 12.4. The van der Waals surface area contributed by atoms with Crippen molar-refractivity contribution in [1.82, 2.24) is 5.32 Å².